The van der Waals surface area contributed by atoms with Crippen molar-refractivity contribution >= 4 is 0 Å². The van der Waals surface area contributed by atoms with E-state index in [0.29, 0.717) is 11.8 Å². The lowest BCUT2D eigenvalue weighted by atomic mass is 9.90. The van der Waals surface area contributed by atoms with Gasteiger partial charge in [0, 0.05) is 31.4 Å². The molecule has 1 aliphatic carbocycles. The maximum absolute atomic E-state index is 4.51. The molecule has 1 N–H and O–H groups in total. The molecule has 0 saturated heterocycles. The van der Waals surface area contributed by atoms with Crippen LogP contribution in [0.5, 0.6) is 0 Å². The van der Waals surface area contributed by atoms with Gasteiger partial charge in [0.05, 0.1) is 11.6 Å². The van der Waals surface area contributed by atoms with Gasteiger partial charge in [-0.2, -0.15) is 0 Å². The van der Waals surface area contributed by atoms with E-state index in [4.69, 9.17) is 0 Å². The van der Waals surface area contributed by atoms with Crippen LogP contribution in [0.1, 0.15) is 96.8 Å². The summed E-state index contributed by atoms with van der Waals surface area (Å²) >= 11 is 0. The number of aromatic nitrogens is 6. The van der Waals surface area contributed by atoms with Gasteiger partial charge in [-0.3, -0.25) is 0 Å². The summed E-state index contributed by atoms with van der Waals surface area (Å²) in [5.74, 6) is 3.14. The Hall–Kier alpha value is -1.76. The maximum Gasteiger partial charge on any atom is 0.169 e. The highest BCUT2D eigenvalue weighted by Crippen LogP contribution is 2.33. The van der Waals surface area contributed by atoms with Crippen LogP contribution >= 0.6 is 0 Å². The fourth-order valence-corrected chi connectivity index (χ4v) is 4.33. The minimum absolute atomic E-state index is 0.126. The van der Waals surface area contributed by atoms with E-state index < -0.39 is 0 Å². The molecule has 1 unspecified atom stereocenters. The second-order valence-electron chi connectivity index (χ2n) is 9.44. The van der Waals surface area contributed by atoms with Crippen molar-refractivity contribution < 1.29 is 0 Å². The average Bonchev–Trinajstić information content (AvgIpc) is 3.22. The van der Waals surface area contributed by atoms with Gasteiger partial charge < -0.3 is 9.88 Å². The van der Waals surface area contributed by atoms with Crippen molar-refractivity contribution in [3.05, 3.63) is 24.0 Å². The fourth-order valence-electron chi connectivity index (χ4n) is 4.33. The summed E-state index contributed by atoms with van der Waals surface area (Å²) in [6, 6.07) is 0.193. The molecule has 2 aromatic rings. The van der Waals surface area contributed by atoms with Crippen LogP contribution < -0.4 is 5.32 Å². The Morgan fingerprint density at radius 2 is 1.82 bits per heavy atom. The first-order valence-electron chi connectivity index (χ1n) is 10.9. The lowest BCUT2D eigenvalue weighted by molar-refractivity contribution is 0.266. The molecule has 0 amide bonds. The molecule has 2 heterocycles. The molecule has 28 heavy (non-hydrogen) atoms. The molecule has 2 aromatic heterocycles. The average molecular weight is 388 g/mol. The zero-order valence-corrected chi connectivity index (χ0v) is 18.2. The van der Waals surface area contributed by atoms with Crippen molar-refractivity contribution in [3.63, 3.8) is 0 Å². The number of hydrogen-bond acceptors (Lipinski definition) is 5. The quantitative estimate of drug-likeness (QED) is 0.726. The van der Waals surface area contributed by atoms with Crippen LogP contribution in [0, 0.1) is 5.92 Å². The number of nitrogens with one attached hydrogen (secondary N) is 1. The van der Waals surface area contributed by atoms with E-state index in [9.17, 15) is 0 Å². The lowest BCUT2D eigenvalue weighted by Crippen LogP contribution is -2.36. The zero-order chi connectivity index (χ0) is 20.1. The molecule has 1 atom stereocenters. The smallest absolute Gasteiger partial charge is 0.169 e. The van der Waals surface area contributed by atoms with Crippen molar-refractivity contribution in [2.45, 2.75) is 97.2 Å². The molecule has 1 saturated carbocycles. The first-order valence-corrected chi connectivity index (χ1v) is 10.9. The molecule has 0 radical (unpaired) electrons. The van der Waals surface area contributed by atoms with Crippen molar-refractivity contribution in [3.8, 4) is 0 Å². The number of hydrogen-bond donors (Lipinski definition) is 1. The number of tetrazole rings is 1. The largest absolute Gasteiger partial charge is 0.333 e. The molecule has 0 aliphatic heterocycles. The first kappa shape index (κ1) is 21.0. The lowest BCUT2D eigenvalue weighted by Gasteiger charge is -2.29. The predicted molar refractivity (Wildman–Crippen MR) is 111 cm³/mol. The highest BCUT2D eigenvalue weighted by atomic mass is 15.6. The summed E-state index contributed by atoms with van der Waals surface area (Å²) in [5, 5.41) is 16.6. The monoisotopic (exact) mass is 387 g/mol. The van der Waals surface area contributed by atoms with Crippen LogP contribution in [0.2, 0.25) is 0 Å². The molecule has 0 bridgehead atoms. The summed E-state index contributed by atoms with van der Waals surface area (Å²) in [4.78, 5) is 4.51. The van der Waals surface area contributed by atoms with Gasteiger partial charge in [0.2, 0.25) is 0 Å². The van der Waals surface area contributed by atoms with Gasteiger partial charge in [-0.15, -0.1) is 5.10 Å². The van der Waals surface area contributed by atoms with Gasteiger partial charge in [0.25, 0.3) is 0 Å². The van der Waals surface area contributed by atoms with E-state index in [1.807, 2.05) is 10.9 Å². The van der Waals surface area contributed by atoms with Crippen LogP contribution in [-0.4, -0.2) is 36.3 Å². The summed E-state index contributed by atoms with van der Waals surface area (Å²) < 4.78 is 4.26. The predicted octanol–water partition coefficient (Wildman–Crippen LogP) is 4.05. The van der Waals surface area contributed by atoms with Crippen LogP contribution in [0.25, 0.3) is 0 Å². The minimum Gasteiger partial charge on any atom is -0.333 e. The molecule has 1 fully saturated rings. The molecule has 156 valence electrons. The molecule has 1 aliphatic rings. The zero-order valence-electron chi connectivity index (χ0n) is 18.2. The Morgan fingerprint density at radius 1 is 1.11 bits per heavy atom. The van der Waals surface area contributed by atoms with E-state index in [1.165, 1.54) is 38.5 Å². The number of imidazole rings is 1. The molecule has 0 spiro atoms. The molecule has 7 nitrogen and oxygen atoms in total. The van der Waals surface area contributed by atoms with E-state index in [0.717, 1.165) is 24.7 Å². The van der Waals surface area contributed by atoms with E-state index in [2.05, 4.69) is 71.2 Å². The van der Waals surface area contributed by atoms with Crippen molar-refractivity contribution in [1.29, 1.82) is 0 Å². The summed E-state index contributed by atoms with van der Waals surface area (Å²) in [5.41, 5.74) is -0.126. The third-order valence-corrected chi connectivity index (χ3v) is 5.76. The fraction of sp³-hybridized carbons (Fsp3) is 0.810. The van der Waals surface area contributed by atoms with Crippen molar-refractivity contribution in [2.24, 2.45) is 5.92 Å². The van der Waals surface area contributed by atoms with Crippen LogP contribution in [0.4, 0.5) is 0 Å². The second kappa shape index (κ2) is 9.16. The topological polar surface area (TPSA) is 73.5 Å². The molecular weight excluding hydrogens is 350 g/mol. The minimum atomic E-state index is -0.126. The van der Waals surface area contributed by atoms with Crippen LogP contribution in [-0.2, 0) is 12.1 Å². The van der Waals surface area contributed by atoms with Gasteiger partial charge in [-0.25, -0.2) is 9.67 Å². The molecule has 0 aromatic carbocycles. The van der Waals surface area contributed by atoms with Gasteiger partial charge in [-0.1, -0.05) is 39.5 Å². The van der Waals surface area contributed by atoms with Gasteiger partial charge in [0.15, 0.2) is 5.82 Å². The summed E-state index contributed by atoms with van der Waals surface area (Å²) in [7, 11) is 0. The summed E-state index contributed by atoms with van der Waals surface area (Å²) in [6.45, 7) is 12.7. The first-order chi connectivity index (χ1) is 13.4. The van der Waals surface area contributed by atoms with E-state index in [-0.39, 0.29) is 11.6 Å². The van der Waals surface area contributed by atoms with E-state index >= 15 is 0 Å². The Kier molecular flexibility index (Phi) is 6.86. The third kappa shape index (κ3) is 4.99. The second-order valence-corrected chi connectivity index (χ2v) is 9.44. The standard InChI is InChI=1S/C21H37N7/c1-16(2)19-23-13-15-27(19)14-12-22-18(17-10-8-6-7-9-11-17)20-24-25-26-28(20)21(3,4)5/h13,15-18,22H,6-12,14H2,1-5H3. The molecular formula is C21H37N7. The normalized spacial score (nSPS) is 17.8. The van der Waals surface area contributed by atoms with Crippen LogP contribution in [0.15, 0.2) is 12.4 Å². The maximum atomic E-state index is 4.51. The van der Waals surface area contributed by atoms with Crippen molar-refractivity contribution in [1.82, 2.24) is 35.1 Å². The summed E-state index contributed by atoms with van der Waals surface area (Å²) in [6.07, 6.45) is 11.8. The van der Waals surface area contributed by atoms with Gasteiger partial charge in [-0.05, 0) is 50.0 Å². The van der Waals surface area contributed by atoms with Crippen molar-refractivity contribution in [2.75, 3.05) is 6.54 Å². The Labute approximate surface area is 169 Å². The Bertz CT molecular complexity index is 717. The molecule has 3 rings (SSSR count). The highest BCUT2D eigenvalue weighted by Gasteiger charge is 2.31. The molecule has 7 heteroatoms. The Morgan fingerprint density at radius 3 is 2.46 bits per heavy atom. The SMILES string of the molecule is CC(C)c1nccn1CCNC(c1nnnn1C(C)(C)C)C1CCCCCC1. The van der Waals surface area contributed by atoms with Gasteiger partial charge in [0.1, 0.15) is 5.82 Å². The Balaban J connectivity index is 1.77. The highest BCUT2D eigenvalue weighted by molar-refractivity contribution is 5.00. The van der Waals surface area contributed by atoms with Crippen LogP contribution in [0.3, 0.4) is 0 Å². The third-order valence-electron chi connectivity index (χ3n) is 5.76. The number of nitrogens with zero attached hydrogens (tertiary/aromatic N) is 6. The van der Waals surface area contributed by atoms with E-state index in [1.54, 1.807) is 0 Å². The van der Waals surface area contributed by atoms with Gasteiger partial charge >= 0.3 is 0 Å². The number of rotatable bonds is 7.